The number of ether oxygens (including phenoxy) is 3. The summed E-state index contributed by atoms with van der Waals surface area (Å²) in [5.74, 6) is 0.427. The zero-order valence-electron chi connectivity index (χ0n) is 19.4. The van der Waals surface area contributed by atoms with Crippen LogP contribution in [0.15, 0.2) is 76.2 Å². The number of aromatic nitrogens is 1. The molecule has 2 heterocycles. The molecule has 1 aliphatic rings. The highest BCUT2D eigenvalue weighted by molar-refractivity contribution is 7.07. The predicted molar refractivity (Wildman–Crippen MR) is 136 cm³/mol. The van der Waals surface area contributed by atoms with Crippen molar-refractivity contribution in [3.05, 3.63) is 102 Å². The number of methoxy groups -OCH3 is 2. The standard InChI is InChI=1S/C26H23ClN2O5S/c1-5-11-34-25(31)22-15(2)28-26-29(23(22)17-9-10-19(32-3)20(14-17)33-4)24(30)21(35-26)13-16-7-6-8-18(27)12-16/h5-10,12-14,23H,1,11H2,2-4H3/b21-13-. The number of hydrogen-bond donors (Lipinski definition) is 0. The van der Waals surface area contributed by atoms with E-state index in [1.54, 1.807) is 50.4 Å². The molecule has 0 amide bonds. The number of benzene rings is 2. The molecule has 0 fully saturated rings. The highest BCUT2D eigenvalue weighted by Crippen LogP contribution is 2.36. The van der Waals surface area contributed by atoms with Gasteiger partial charge < -0.3 is 14.2 Å². The average Bonchev–Trinajstić information content (AvgIpc) is 3.15. The molecule has 35 heavy (non-hydrogen) atoms. The molecule has 0 saturated heterocycles. The Morgan fingerprint density at radius 2 is 1.97 bits per heavy atom. The van der Waals surface area contributed by atoms with Crippen molar-refractivity contribution < 1.29 is 19.0 Å². The van der Waals surface area contributed by atoms with Gasteiger partial charge in [0.2, 0.25) is 0 Å². The predicted octanol–water partition coefficient (Wildman–Crippen LogP) is 3.64. The van der Waals surface area contributed by atoms with Gasteiger partial charge in [-0.05, 0) is 48.4 Å². The summed E-state index contributed by atoms with van der Waals surface area (Å²) < 4.78 is 18.2. The van der Waals surface area contributed by atoms with Gasteiger partial charge in [0.1, 0.15) is 6.61 Å². The van der Waals surface area contributed by atoms with E-state index in [1.165, 1.54) is 29.1 Å². The first kappa shape index (κ1) is 24.5. The Hall–Kier alpha value is -3.62. The summed E-state index contributed by atoms with van der Waals surface area (Å²) >= 11 is 7.36. The minimum absolute atomic E-state index is 0.0352. The third kappa shape index (κ3) is 4.80. The van der Waals surface area contributed by atoms with Crippen LogP contribution >= 0.6 is 22.9 Å². The van der Waals surface area contributed by atoms with Crippen molar-refractivity contribution in [1.29, 1.82) is 0 Å². The molecular weight excluding hydrogens is 488 g/mol. The van der Waals surface area contributed by atoms with Gasteiger partial charge in [0, 0.05) is 5.02 Å². The topological polar surface area (TPSA) is 79.1 Å². The van der Waals surface area contributed by atoms with Crippen molar-refractivity contribution in [1.82, 2.24) is 4.57 Å². The van der Waals surface area contributed by atoms with E-state index >= 15 is 0 Å². The Morgan fingerprint density at radius 1 is 1.20 bits per heavy atom. The van der Waals surface area contributed by atoms with Crippen LogP contribution in [0.1, 0.15) is 24.1 Å². The smallest absolute Gasteiger partial charge is 0.338 e. The van der Waals surface area contributed by atoms with E-state index in [2.05, 4.69) is 11.6 Å². The molecule has 2 aromatic carbocycles. The van der Waals surface area contributed by atoms with Crippen LogP contribution in [0.25, 0.3) is 6.08 Å². The molecular formula is C26H23ClN2O5S. The zero-order valence-corrected chi connectivity index (χ0v) is 21.0. The maximum Gasteiger partial charge on any atom is 0.338 e. The van der Waals surface area contributed by atoms with E-state index in [1.807, 2.05) is 12.1 Å². The summed E-state index contributed by atoms with van der Waals surface area (Å²) in [4.78, 5) is 31.8. The van der Waals surface area contributed by atoms with Crippen LogP contribution in [0.5, 0.6) is 11.5 Å². The summed E-state index contributed by atoms with van der Waals surface area (Å²) in [6.45, 7) is 5.36. The van der Waals surface area contributed by atoms with Crippen molar-refractivity contribution >= 4 is 35.0 Å². The normalized spacial score (nSPS) is 15.3. The lowest BCUT2D eigenvalue weighted by Crippen LogP contribution is -2.40. The first-order valence-electron chi connectivity index (χ1n) is 10.7. The molecule has 0 radical (unpaired) electrons. The van der Waals surface area contributed by atoms with Gasteiger partial charge in [-0.2, -0.15) is 0 Å². The van der Waals surface area contributed by atoms with Crippen LogP contribution in [0.2, 0.25) is 5.02 Å². The highest BCUT2D eigenvalue weighted by atomic mass is 35.5. The van der Waals surface area contributed by atoms with Crippen LogP contribution in [0.4, 0.5) is 0 Å². The molecule has 4 rings (SSSR count). The van der Waals surface area contributed by atoms with Gasteiger partial charge in [-0.1, -0.05) is 53.8 Å². The second kappa shape index (κ2) is 10.3. The number of fused-ring (bicyclic) bond motifs is 1. The Kier molecular flexibility index (Phi) is 7.23. The molecule has 1 atom stereocenters. The molecule has 0 spiro atoms. The lowest BCUT2D eigenvalue weighted by molar-refractivity contribution is -0.138. The summed E-state index contributed by atoms with van der Waals surface area (Å²) in [5.41, 5.74) is 1.88. The Morgan fingerprint density at radius 3 is 2.66 bits per heavy atom. The second-order valence-electron chi connectivity index (χ2n) is 7.64. The second-order valence-corrected chi connectivity index (χ2v) is 9.08. The number of rotatable bonds is 7. The molecule has 0 aliphatic carbocycles. The molecule has 0 saturated carbocycles. The minimum Gasteiger partial charge on any atom is -0.493 e. The van der Waals surface area contributed by atoms with Crippen molar-refractivity contribution in [3.8, 4) is 11.5 Å². The maximum absolute atomic E-state index is 13.7. The van der Waals surface area contributed by atoms with Crippen LogP contribution in [-0.2, 0) is 9.53 Å². The summed E-state index contributed by atoms with van der Waals surface area (Å²) in [5, 5.41) is 0.567. The van der Waals surface area contributed by atoms with Gasteiger partial charge in [0.25, 0.3) is 5.56 Å². The minimum atomic E-state index is -0.773. The number of hydrogen-bond acceptors (Lipinski definition) is 7. The first-order chi connectivity index (χ1) is 16.9. The van der Waals surface area contributed by atoms with Crippen LogP contribution in [0.3, 0.4) is 0 Å². The monoisotopic (exact) mass is 510 g/mol. The SMILES string of the molecule is C=CCOC(=O)C1=C(C)N=c2s/c(=C\c3cccc(Cl)c3)c(=O)n2C1c1ccc(OC)c(OC)c1. The first-order valence-corrected chi connectivity index (χ1v) is 11.9. The Balaban J connectivity index is 1.96. The summed E-state index contributed by atoms with van der Waals surface area (Å²) in [6, 6.07) is 11.7. The fourth-order valence-corrected chi connectivity index (χ4v) is 5.13. The van der Waals surface area contributed by atoms with Crippen LogP contribution in [0, 0.1) is 0 Å². The number of halogens is 1. The fourth-order valence-electron chi connectivity index (χ4n) is 3.88. The third-order valence-corrected chi connectivity index (χ3v) is 6.66. The molecule has 7 nitrogen and oxygen atoms in total. The van der Waals surface area contributed by atoms with Gasteiger partial charge in [-0.25, -0.2) is 9.79 Å². The van der Waals surface area contributed by atoms with Gasteiger partial charge in [-0.15, -0.1) is 0 Å². The number of carbonyl (C=O) groups excluding carboxylic acids is 1. The maximum atomic E-state index is 13.7. The van der Waals surface area contributed by atoms with E-state index in [9.17, 15) is 9.59 Å². The number of allylic oxidation sites excluding steroid dienone is 1. The van der Waals surface area contributed by atoms with Crippen molar-refractivity contribution in [2.75, 3.05) is 20.8 Å². The van der Waals surface area contributed by atoms with Crippen molar-refractivity contribution in [2.24, 2.45) is 4.99 Å². The van der Waals surface area contributed by atoms with E-state index in [0.717, 1.165) is 5.56 Å². The van der Waals surface area contributed by atoms with E-state index in [-0.39, 0.29) is 17.7 Å². The molecule has 0 N–H and O–H groups in total. The largest absolute Gasteiger partial charge is 0.493 e. The summed E-state index contributed by atoms with van der Waals surface area (Å²) in [6.07, 6.45) is 3.25. The molecule has 9 heteroatoms. The summed E-state index contributed by atoms with van der Waals surface area (Å²) in [7, 11) is 3.07. The van der Waals surface area contributed by atoms with E-state index < -0.39 is 12.0 Å². The van der Waals surface area contributed by atoms with E-state index in [4.69, 9.17) is 25.8 Å². The Labute approximate surface area is 210 Å². The molecule has 3 aromatic rings. The van der Waals surface area contributed by atoms with Crippen LogP contribution in [-0.4, -0.2) is 31.4 Å². The van der Waals surface area contributed by atoms with Gasteiger partial charge in [0.05, 0.1) is 36.1 Å². The molecule has 0 bridgehead atoms. The molecule has 180 valence electrons. The van der Waals surface area contributed by atoms with Crippen LogP contribution < -0.4 is 24.4 Å². The average molecular weight is 511 g/mol. The fraction of sp³-hybridized carbons (Fsp3) is 0.192. The van der Waals surface area contributed by atoms with Gasteiger partial charge in [-0.3, -0.25) is 9.36 Å². The zero-order chi connectivity index (χ0) is 25.1. The molecule has 1 unspecified atom stereocenters. The number of carbonyl (C=O) groups is 1. The third-order valence-electron chi connectivity index (χ3n) is 5.44. The Bertz CT molecular complexity index is 1520. The number of thiazole rings is 1. The van der Waals surface area contributed by atoms with Gasteiger partial charge >= 0.3 is 5.97 Å². The number of esters is 1. The van der Waals surface area contributed by atoms with E-state index in [0.29, 0.717) is 37.1 Å². The lowest BCUT2D eigenvalue weighted by Gasteiger charge is -2.25. The van der Waals surface area contributed by atoms with Crippen molar-refractivity contribution in [3.63, 3.8) is 0 Å². The molecule has 1 aliphatic heterocycles. The van der Waals surface area contributed by atoms with Crippen molar-refractivity contribution in [2.45, 2.75) is 13.0 Å². The molecule has 1 aromatic heterocycles. The van der Waals surface area contributed by atoms with Gasteiger partial charge in [0.15, 0.2) is 16.3 Å². The number of nitrogens with zero attached hydrogens (tertiary/aromatic N) is 2. The quantitative estimate of drug-likeness (QED) is 0.358. The lowest BCUT2D eigenvalue weighted by atomic mass is 9.95. The highest BCUT2D eigenvalue weighted by Gasteiger charge is 2.34.